The third-order valence-electron chi connectivity index (χ3n) is 4.74. The van der Waals surface area contributed by atoms with Crippen molar-refractivity contribution in [3.05, 3.63) is 59.7 Å². The van der Waals surface area contributed by atoms with E-state index in [0.29, 0.717) is 0 Å². The molecule has 0 saturated heterocycles. The molecule has 0 radical (unpaired) electrons. The molecular formula is C20H19NO6. The fraction of sp³-hybridized carbons (Fsp3) is 0.250. The van der Waals surface area contributed by atoms with Gasteiger partial charge in [-0.2, -0.15) is 0 Å². The van der Waals surface area contributed by atoms with E-state index in [0.717, 1.165) is 27.2 Å². The van der Waals surface area contributed by atoms with Gasteiger partial charge < -0.3 is 14.9 Å². The molecule has 0 aliphatic heterocycles. The number of ether oxygens (including phenoxy) is 1. The Labute approximate surface area is 155 Å². The number of likely N-dealkylation sites (N-methyl/N-ethyl adjacent to an activating group) is 1. The molecule has 0 fully saturated rings. The first-order valence-corrected chi connectivity index (χ1v) is 8.42. The second kappa shape index (κ2) is 7.49. The predicted molar refractivity (Wildman–Crippen MR) is 96.5 cm³/mol. The van der Waals surface area contributed by atoms with Crippen molar-refractivity contribution in [2.75, 3.05) is 13.7 Å². The van der Waals surface area contributed by atoms with Crippen LogP contribution in [0.5, 0.6) is 0 Å². The van der Waals surface area contributed by atoms with E-state index in [-0.39, 0.29) is 12.5 Å². The molecule has 1 aliphatic carbocycles. The van der Waals surface area contributed by atoms with Crippen molar-refractivity contribution in [3.8, 4) is 11.1 Å². The Balaban J connectivity index is 1.75. The van der Waals surface area contributed by atoms with Gasteiger partial charge in [-0.05, 0) is 22.3 Å². The Bertz CT molecular complexity index is 848. The van der Waals surface area contributed by atoms with Gasteiger partial charge in [0.1, 0.15) is 12.6 Å². The first-order chi connectivity index (χ1) is 12.9. The minimum atomic E-state index is -1.49. The molecule has 1 unspecified atom stereocenters. The van der Waals surface area contributed by atoms with E-state index in [1.54, 1.807) is 0 Å². The predicted octanol–water partition coefficient (Wildman–Crippen LogP) is 2.80. The van der Waals surface area contributed by atoms with Gasteiger partial charge in [0.05, 0.1) is 6.42 Å². The van der Waals surface area contributed by atoms with E-state index < -0.39 is 30.5 Å². The van der Waals surface area contributed by atoms with Crippen molar-refractivity contribution >= 4 is 18.0 Å². The average molecular weight is 369 g/mol. The summed E-state index contributed by atoms with van der Waals surface area (Å²) >= 11 is 0. The third-order valence-corrected chi connectivity index (χ3v) is 4.74. The molecule has 0 spiro atoms. The van der Waals surface area contributed by atoms with Crippen LogP contribution in [-0.2, 0) is 14.3 Å². The zero-order chi connectivity index (χ0) is 19.6. The highest BCUT2D eigenvalue weighted by molar-refractivity contribution is 5.84. The standard InChI is InChI=1S/C20H19NO6/c1-21(17(19(24)25)10-18(22)23)20(26)27-11-16-14-8-4-2-6-12(14)13-7-3-5-9-15(13)16/h2-9,16-17H,10-11H2,1H3,(H,22,23)(H,24,25). The van der Waals surface area contributed by atoms with Crippen molar-refractivity contribution in [2.24, 2.45) is 0 Å². The number of fused-ring (bicyclic) bond motifs is 3. The van der Waals surface area contributed by atoms with Crippen molar-refractivity contribution in [1.82, 2.24) is 4.90 Å². The first-order valence-electron chi connectivity index (χ1n) is 8.42. The highest BCUT2D eigenvalue weighted by Crippen LogP contribution is 2.44. The Morgan fingerprint density at radius 3 is 2.00 bits per heavy atom. The van der Waals surface area contributed by atoms with Crippen LogP contribution >= 0.6 is 0 Å². The van der Waals surface area contributed by atoms with Crippen LogP contribution in [0.2, 0.25) is 0 Å². The van der Waals surface area contributed by atoms with Crippen molar-refractivity contribution in [3.63, 3.8) is 0 Å². The van der Waals surface area contributed by atoms with Crippen LogP contribution in [0.4, 0.5) is 4.79 Å². The number of nitrogens with zero attached hydrogens (tertiary/aromatic N) is 1. The number of amides is 1. The van der Waals surface area contributed by atoms with Crippen LogP contribution in [0.15, 0.2) is 48.5 Å². The van der Waals surface area contributed by atoms with Gasteiger partial charge in [0.15, 0.2) is 0 Å². The van der Waals surface area contributed by atoms with E-state index in [9.17, 15) is 14.4 Å². The molecule has 1 aliphatic rings. The molecule has 0 heterocycles. The lowest BCUT2D eigenvalue weighted by Gasteiger charge is -2.24. The molecule has 0 aromatic heterocycles. The van der Waals surface area contributed by atoms with E-state index in [1.807, 2.05) is 48.5 Å². The van der Waals surface area contributed by atoms with E-state index >= 15 is 0 Å². The fourth-order valence-electron chi connectivity index (χ4n) is 3.38. The lowest BCUT2D eigenvalue weighted by Crippen LogP contribution is -2.44. The van der Waals surface area contributed by atoms with Crippen molar-refractivity contribution in [1.29, 1.82) is 0 Å². The zero-order valence-corrected chi connectivity index (χ0v) is 14.7. The minimum Gasteiger partial charge on any atom is -0.481 e. The average Bonchev–Trinajstić information content (AvgIpc) is 2.97. The van der Waals surface area contributed by atoms with Crippen LogP contribution < -0.4 is 0 Å². The summed E-state index contributed by atoms with van der Waals surface area (Å²) in [5, 5.41) is 18.0. The number of aliphatic carboxylic acids is 2. The van der Waals surface area contributed by atoms with Crippen LogP contribution in [0.1, 0.15) is 23.5 Å². The molecule has 0 saturated carbocycles. The number of carboxylic acids is 2. The fourth-order valence-corrected chi connectivity index (χ4v) is 3.38. The van der Waals surface area contributed by atoms with Gasteiger partial charge in [-0.25, -0.2) is 9.59 Å². The number of carbonyl (C=O) groups is 3. The Hall–Kier alpha value is -3.35. The van der Waals surface area contributed by atoms with Crippen LogP contribution in [-0.4, -0.2) is 52.8 Å². The molecule has 2 N–H and O–H groups in total. The van der Waals surface area contributed by atoms with Crippen LogP contribution in [0, 0.1) is 0 Å². The maximum absolute atomic E-state index is 12.3. The number of carbonyl (C=O) groups excluding carboxylic acids is 1. The van der Waals surface area contributed by atoms with Gasteiger partial charge in [0.25, 0.3) is 0 Å². The van der Waals surface area contributed by atoms with Gasteiger partial charge in [-0.15, -0.1) is 0 Å². The number of hydrogen-bond donors (Lipinski definition) is 2. The summed E-state index contributed by atoms with van der Waals surface area (Å²) in [4.78, 5) is 35.2. The van der Waals surface area contributed by atoms with Crippen molar-refractivity contribution in [2.45, 2.75) is 18.4 Å². The summed E-state index contributed by atoms with van der Waals surface area (Å²) in [7, 11) is 1.22. The molecule has 140 valence electrons. The van der Waals surface area contributed by atoms with E-state index in [2.05, 4.69) is 0 Å². The first kappa shape index (κ1) is 18.4. The van der Waals surface area contributed by atoms with Crippen molar-refractivity contribution < 1.29 is 29.3 Å². The van der Waals surface area contributed by atoms with Gasteiger partial charge in [0, 0.05) is 13.0 Å². The third kappa shape index (κ3) is 3.62. The molecule has 1 amide bonds. The molecule has 0 bridgehead atoms. The minimum absolute atomic E-state index is 0.0383. The largest absolute Gasteiger partial charge is 0.481 e. The number of carboxylic acid groups (broad SMARTS) is 2. The molecule has 2 aromatic rings. The SMILES string of the molecule is CN(C(=O)OCC1c2ccccc2-c2ccccc21)C(CC(=O)O)C(=O)O. The Morgan fingerprint density at radius 1 is 1.00 bits per heavy atom. The topological polar surface area (TPSA) is 104 Å². The van der Waals surface area contributed by atoms with E-state index in [4.69, 9.17) is 14.9 Å². The molecule has 2 aromatic carbocycles. The molecule has 27 heavy (non-hydrogen) atoms. The lowest BCUT2D eigenvalue weighted by molar-refractivity contribution is -0.148. The lowest BCUT2D eigenvalue weighted by atomic mass is 9.98. The summed E-state index contributed by atoms with van der Waals surface area (Å²) < 4.78 is 5.34. The summed E-state index contributed by atoms with van der Waals surface area (Å²) in [5.74, 6) is -2.85. The Kier molecular flexibility index (Phi) is 5.12. The summed E-state index contributed by atoms with van der Waals surface area (Å²) in [6, 6.07) is 14.2. The van der Waals surface area contributed by atoms with Gasteiger partial charge in [-0.3, -0.25) is 9.69 Å². The molecular weight excluding hydrogens is 350 g/mol. The monoisotopic (exact) mass is 369 g/mol. The number of rotatable bonds is 6. The summed E-state index contributed by atoms with van der Waals surface area (Å²) in [6.07, 6.45) is -1.57. The highest BCUT2D eigenvalue weighted by Gasteiger charge is 2.32. The quantitative estimate of drug-likeness (QED) is 0.811. The zero-order valence-electron chi connectivity index (χ0n) is 14.7. The number of benzene rings is 2. The maximum atomic E-state index is 12.3. The van der Waals surface area contributed by atoms with Crippen LogP contribution in [0.25, 0.3) is 11.1 Å². The van der Waals surface area contributed by atoms with Crippen LogP contribution in [0.3, 0.4) is 0 Å². The van der Waals surface area contributed by atoms with Gasteiger partial charge >= 0.3 is 18.0 Å². The summed E-state index contributed by atoms with van der Waals surface area (Å²) in [6.45, 7) is 0.0383. The number of hydrogen-bond acceptors (Lipinski definition) is 4. The molecule has 3 rings (SSSR count). The maximum Gasteiger partial charge on any atom is 0.410 e. The highest BCUT2D eigenvalue weighted by atomic mass is 16.6. The van der Waals surface area contributed by atoms with Gasteiger partial charge in [-0.1, -0.05) is 48.5 Å². The molecule has 7 nitrogen and oxygen atoms in total. The smallest absolute Gasteiger partial charge is 0.410 e. The molecule has 1 atom stereocenters. The second-order valence-electron chi connectivity index (χ2n) is 6.37. The normalized spacial score (nSPS) is 13.4. The van der Waals surface area contributed by atoms with E-state index in [1.165, 1.54) is 7.05 Å². The second-order valence-corrected chi connectivity index (χ2v) is 6.37. The molecule has 7 heteroatoms. The van der Waals surface area contributed by atoms with Gasteiger partial charge in [0.2, 0.25) is 0 Å². The Morgan fingerprint density at radius 2 is 1.52 bits per heavy atom. The summed E-state index contributed by atoms with van der Waals surface area (Å²) in [5.41, 5.74) is 4.23.